The minimum absolute atomic E-state index is 0.125. The summed E-state index contributed by atoms with van der Waals surface area (Å²) in [6.07, 6.45) is 0. The van der Waals surface area contributed by atoms with Crippen LogP contribution in [0.1, 0.15) is 22.3 Å². The summed E-state index contributed by atoms with van der Waals surface area (Å²) in [6.45, 7) is 4.76. The van der Waals surface area contributed by atoms with E-state index >= 15 is 0 Å². The summed E-state index contributed by atoms with van der Waals surface area (Å²) < 4.78 is 0. The lowest BCUT2D eigenvalue weighted by Gasteiger charge is -2.25. The Hall–Kier alpha value is -1.88. The number of nitrogens with zero attached hydrogens (tertiary/aromatic N) is 3. The van der Waals surface area contributed by atoms with Crippen LogP contribution in [0.4, 0.5) is 5.69 Å². The summed E-state index contributed by atoms with van der Waals surface area (Å²) in [5.74, 6) is 0.573. The van der Waals surface area contributed by atoms with E-state index in [1.54, 1.807) is 11.3 Å². The number of aryl methyl sites for hydroxylation is 2. The largest absolute Gasteiger partial charge is 0.369 e. The van der Waals surface area contributed by atoms with Gasteiger partial charge < -0.3 is 10.6 Å². The third-order valence-corrected chi connectivity index (χ3v) is 4.25. The molecule has 1 unspecified atom stereocenters. The van der Waals surface area contributed by atoms with Gasteiger partial charge in [0.2, 0.25) is 0 Å². The zero-order valence-electron chi connectivity index (χ0n) is 11.0. The number of anilines is 1. The number of aromatic nitrogens is 1. The highest BCUT2D eigenvalue weighted by Gasteiger charge is 2.30. The van der Waals surface area contributed by atoms with Crippen LogP contribution in [-0.2, 0) is 0 Å². The van der Waals surface area contributed by atoms with Crippen LogP contribution in [0.2, 0.25) is 0 Å². The molecule has 98 valence electrons. The molecule has 2 aromatic rings. The summed E-state index contributed by atoms with van der Waals surface area (Å²) in [6, 6.07) is 8.44. The van der Waals surface area contributed by atoms with E-state index in [-0.39, 0.29) is 6.04 Å². The van der Waals surface area contributed by atoms with Crippen molar-refractivity contribution in [3.8, 4) is 0 Å². The first-order chi connectivity index (χ1) is 9.15. The number of benzene rings is 1. The van der Waals surface area contributed by atoms with Crippen molar-refractivity contribution in [2.24, 2.45) is 10.7 Å². The fourth-order valence-electron chi connectivity index (χ4n) is 2.30. The van der Waals surface area contributed by atoms with Gasteiger partial charge in [0.15, 0.2) is 5.96 Å². The minimum Gasteiger partial charge on any atom is -0.369 e. The minimum atomic E-state index is 0.125. The molecule has 0 radical (unpaired) electrons. The molecule has 0 bridgehead atoms. The van der Waals surface area contributed by atoms with Crippen LogP contribution in [-0.4, -0.2) is 17.5 Å². The van der Waals surface area contributed by atoms with Gasteiger partial charge in [0.05, 0.1) is 6.54 Å². The Kier molecular flexibility index (Phi) is 2.98. The second-order valence-corrected chi connectivity index (χ2v) is 5.64. The van der Waals surface area contributed by atoms with E-state index in [0.29, 0.717) is 12.5 Å². The van der Waals surface area contributed by atoms with Gasteiger partial charge >= 0.3 is 0 Å². The van der Waals surface area contributed by atoms with Crippen LogP contribution in [0.15, 0.2) is 34.6 Å². The molecule has 5 heteroatoms. The number of nitrogens with two attached hydrogens (primary N) is 1. The molecule has 1 atom stereocenters. The molecule has 2 heterocycles. The molecule has 0 fully saturated rings. The molecule has 1 aliphatic rings. The topological polar surface area (TPSA) is 54.5 Å². The van der Waals surface area contributed by atoms with E-state index in [2.05, 4.69) is 45.4 Å². The van der Waals surface area contributed by atoms with Crippen molar-refractivity contribution in [1.29, 1.82) is 0 Å². The predicted octanol–water partition coefficient (Wildman–Crippen LogP) is 2.64. The number of thiazole rings is 1. The van der Waals surface area contributed by atoms with Gasteiger partial charge in [0.25, 0.3) is 0 Å². The SMILES string of the molecule is Cc1cccc(N2C(N)=NCC2c2nc(C)cs2)c1. The fourth-order valence-corrected chi connectivity index (χ4v) is 3.18. The van der Waals surface area contributed by atoms with E-state index in [1.807, 2.05) is 13.0 Å². The predicted molar refractivity (Wildman–Crippen MR) is 79.7 cm³/mol. The summed E-state index contributed by atoms with van der Waals surface area (Å²) in [5, 5.41) is 3.14. The van der Waals surface area contributed by atoms with Crippen LogP contribution >= 0.6 is 11.3 Å². The average Bonchev–Trinajstić information content (AvgIpc) is 2.95. The van der Waals surface area contributed by atoms with E-state index in [1.165, 1.54) is 5.56 Å². The van der Waals surface area contributed by atoms with Crippen molar-refractivity contribution < 1.29 is 0 Å². The lowest BCUT2D eigenvalue weighted by molar-refractivity contribution is 0.757. The molecule has 0 saturated carbocycles. The first-order valence-corrected chi connectivity index (χ1v) is 7.11. The maximum atomic E-state index is 6.05. The molecule has 19 heavy (non-hydrogen) atoms. The van der Waals surface area contributed by atoms with E-state index < -0.39 is 0 Å². The number of hydrogen-bond donors (Lipinski definition) is 1. The zero-order chi connectivity index (χ0) is 13.4. The van der Waals surface area contributed by atoms with Gasteiger partial charge in [0.1, 0.15) is 11.0 Å². The smallest absolute Gasteiger partial charge is 0.196 e. The van der Waals surface area contributed by atoms with E-state index in [0.717, 1.165) is 16.4 Å². The first kappa shape index (κ1) is 12.2. The first-order valence-electron chi connectivity index (χ1n) is 6.23. The third-order valence-electron chi connectivity index (χ3n) is 3.19. The summed E-state index contributed by atoms with van der Waals surface area (Å²) >= 11 is 1.67. The fraction of sp³-hybridized carbons (Fsp3) is 0.286. The molecule has 1 aliphatic heterocycles. The number of aliphatic imine (C=N–C) groups is 1. The highest BCUT2D eigenvalue weighted by atomic mass is 32.1. The quantitative estimate of drug-likeness (QED) is 0.914. The Labute approximate surface area is 116 Å². The molecular formula is C14H16N4S. The van der Waals surface area contributed by atoms with Crippen LogP contribution in [0, 0.1) is 13.8 Å². The maximum absolute atomic E-state index is 6.05. The molecule has 3 rings (SSSR count). The van der Waals surface area contributed by atoms with Gasteiger partial charge in [-0.15, -0.1) is 11.3 Å². The van der Waals surface area contributed by atoms with E-state index in [4.69, 9.17) is 5.73 Å². The van der Waals surface area contributed by atoms with Gasteiger partial charge in [-0.2, -0.15) is 0 Å². The molecule has 0 saturated heterocycles. The normalized spacial score (nSPS) is 18.7. The van der Waals surface area contributed by atoms with Crippen molar-refractivity contribution in [2.45, 2.75) is 19.9 Å². The van der Waals surface area contributed by atoms with E-state index in [9.17, 15) is 0 Å². The summed E-state index contributed by atoms with van der Waals surface area (Å²) in [4.78, 5) is 11.0. The van der Waals surface area contributed by atoms with Gasteiger partial charge in [-0.05, 0) is 31.5 Å². The molecular weight excluding hydrogens is 256 g/mol. The standard InChI is InChI=1S/C14H16N4S/c1-9-4-3-5-11(6-9)18-12(7-16-14(18)15)13-17-10(2)8-19-13/h3-6,8,12H,7H2,1-2H3,(H2,15,16). The highest BCUT2D eigenvalue weighted by molar-refractivity contribution is 7.09. The average molecular weight is 272 g/mol. The van der Waals surface area contributed by atoms with Gasteiger partial charge in [-0.3, -0.25) is 4.99 Å². The van der Waals surface area contributed by atoms with Crippen molar-refractivity contribution in [1.82, 2.24) is 4.98 Å². The summed E-state index contributed by atoms with van der Waals surface area (Å²) in [7, 11) is 0. The van der Waals surface area contributed by atoms with Gasteiger partial charge in [0, 0.05) is 16.8 Å². The summed E-state index contributed by atoms with van der Waals surface area (Å²) in [5.41, 5.74) is 9.39. The van der Waals surface area contributed by atoms with Crippen LogP contribution in [0.5, 0.6) is 0 Å². The number of rotatable bonds is 2. The number of guanidine groups is 1. The lowest BCUT2D eigenvalue weighted by atomic mass is 10.2. The lowest BCUT2D eigenvalue weighted by Crippen LogP contribution is -2.36. The molecule has 0 spiro atoms. The van der Waals surface area contributed by atoms with Crippen molar-refractivity contribution >= 4 is 23.0 Å². The van der Waals surface area contributed by atoms with Crippen LogP contribution in [0.25, 0.3) is 0 Å². The van der Waals surface area contributed by atoms with Crippen LogP contribution in [0.3, 0.4) is 0 Å². The molecule has 2 N–H and O–H groups in total. The molecule has 1 aromatic carbocycles. The van der Waals surface area contributed by atoms with Crippen LogP contribution < -0.4 is 10.6 Å². The molecule has 0 aliphatic carbocycles. The molecule has 0 amide bonds. The Morgan fingerprint density at radius 3 is 2.89 bits per heavy atom. The third kappa shape index (κ3) is 2.21. The highest BCUT2D eigenvalue weighted by Crippen LogP contribution is 2.32. The Morgan fingerprint density at radius 1 is 1.37 bits per heavy atom. The maximum Gasteiger partial charge on any atom is 0.196 e. The van der Waals surface area contributed by atoms with Crippen molar-refractivity contribution in [2.75, 3.05) is 11.4 Å². The Balaban J connectivity index is 1.99. The van der Waals surface area contributed by atoms with Crippen molar-refractivity contribution in [3.05, 3.63) is 45.9 Å². The van der Waals surface area contributed by atoms with Gasteiger partial charge in [-0.1, -0.05) is 12.1 Å². The second kappa shape index (κ2) is 4.66. The van der Waals surface area contributed by atoms with Crippen molar-refractivity contribution in [3.63, 3.8) is 0 Å². The second-order valence-electron chi connectivity index (χ2n) is 4.75. The molecule has 4 nitrogen and oxygen atoms in total. The Morgan fingerprint density at radius 2 is 2.21 bits per heavy atom. The Bertz CT molecular complexity index is 632. The van der Waals surface area contributed by atoms with Gasteiger partial charge in [-0.25, -0.2) is 4.98 Å². The number of hydrogen-bond acceptors (Lipinski definition) is 5. The molecule has 1 aromatic heterocycles. The zero-order valence-corrected chi connectivity index (χ0v) is 11.8. The monoisotopic (exact) mass is 272 g/mol.